The van der Waals surface area contributed by atoms with Crippen LogP contribution < -0.4 is 4.74 Å². The summed E-state index contributed by atoms with van der Waals surface area (Å²) in [5.41, 5.74) is 9.36. The monoisotopic (exact) mass is 748 g/mol. The predicted octanol–water partition coefficient (Wildman–Crippen LogP) is 12.3. The van der Waals surface area contributed by atoms with Crippen LogP contribution in [0.1, 0.15) is 57.6 Å². The van der Waals surface area contributed by atoms with Crippen LogP contribution in [0.25, 0.3) is 66.5 Å². The van der Waals surface area contributed by atoms with E-state index in [-0.39, 0.29) is 5.41 Å². The van der Waals surface area contributed by atoms with Gasteiger partial charge in [0.25, 0.3) is 0 Å². The molecule has 57 heavy (non-hydrogen) atoms. The molecule has 0 fully saturated rings. The molecule has 8 heteroatoms. The summed E-state index contributed by atoms with van der Waals surface area (Å²) in [6.45, 7) is 8.25. The Bertz CT molecular complexity index is 2860. The van der Waals surface area contributed by atoms with E-state index in [9.17, 15) is 0 Å². The Kier molecular flexibility index (Phi) is 9.76. The summed E-state index contributed by atoms with van der Waals surface area (Å²) in [5, 5.41) is 13.1. The highest BCUT2D eigenvalue weighted by atomic mass is 16.5. The molecule has 0 atom stereocenters. The van der Waals surface area contributed by atoms with Gasteiger partial charge in [0.1, 0.15) is 5.75 Å². The molecule has 4 heterocycles. The summed E-state index contributed by atoms with van der Waals surface area (Å²) < 4.78 is 14.6. The average molecular weight is 749 g/mol. The van der Waals surface area contributed by atoms with Gasteiger partial charge in [0.2, 0.25) is 11.8 Å². The number of fused-ring (bicyclic) bond motifs is 6. The van der Waals surface area contributed by atoms with Crippen LogP contribution in [0.2, 0.25) is 0 Å². The molecule has 9 rings (SSSR count). The van der Waals surface area contributed by atoms with Gasteiger partial charge in [-0.3, -0.25) is 15.0 Å². The van der Waals surface area contributed by atoms with Crippen LogP contribution in [0.3, 0.4) is 0 Å². The number of ether oxygens (including phenoxy) is 1. The molecule has 0 saturated heterocycles. The zero-order chi connectivity index (χ0) is 38.8. The first-order valence-electron chi connectivity index (χ1n) is 19.7. The molecular formula is C49H44N6O2. The van der Waals surface area contributed by atoms with Gasteiger partial charge in [0.05, 0.1) is 23.3 Å². The second-order valence-electron chi connectivity index (χ2n) is 15.6. The molecule has 282 valence electrons. The van der Waals surface area contributed by atoms with E-state index in [2.05, 4.69) is 118 Å². The summed E-state index contributed by atoms with van der Waals surface area (Å²) in [4.78, 5) is 14.2. The minimum Gasteiger partial charge on any atom is -0.494 e. The van der Waals surface area contributed by atoms with Crippen molar-refractivity contribution in [2.24, 2.45) is 4.99 Å². The Morgan fingerprint density at radius 1 is 0.649 bits per heavy atom. The van der Waals surface area contributed by atoms with Crippen LogP contribution in [0.15, 0.2) is 143 Å². The van der Waals surface area contributed by atoms with E-state index in [1.165, 1.54) is 27.4 Å². The molecule has 4 aromatic heterocycles. The zero-order valence-corrected chi connectivity index (χ0v) is 32.5. The maximum atomic E-state index is 6.09. The van der Waals surface area contributed by atoms with E-state index < -0.39 is 0 Å². The normalized spacial score (nSPS) is 12.1. The molecule has 0 unspecified atom stereocenters. The highest BCUT2D eigenvalue weighted by molar-refractivity contribution is 6.11. The average Bonchev–Trinajstić information content (AvgIpc) is 3.86. The minimum atomic E-state index is 0.0925. The maximum Gasteiger partial charge on any atom is 0.248 e. The van der Waals surface area contributed by atoms with Crippen LogP contribution in [0.4, 0.5) is 5.69 Å². The SMILES string of the molecule is CC(C)(C)c1ccc(-c2nnc(-c3ccc(OCCCCCCn4c5ccccc5c5cc(C=Nc6cc7cccnc7c7ncccc67)ccc54)cc3)o2)cc1. The number of pyridine rings is 2. The Morgan fingerprint density at radius 2 is 1.33 bits per heavy atom. The quantitative estimate of drug-likeness (QED) is 0.0702. The fourth-order valence-corrected chi connectivity index (χ4v) is 7.58. The summed E-state index contributed by atoms with van der Waals surface area (Å²) in [7, 11) is 0. The van der Waals surface area contributed by atoms with Crippen molar-refractivity contribution in [3.8, 4) is 28.7 Å². The molecule has 0 saturated carbocycles. The standard InChI is InChI=1S/C49H44N6O2/c1-49(2,3)37-21-17-34(18-22-37)47-53-54-48(57-47)35-19-23-38(24-20-35)56-29-9-5-4-8-28-55-43-15-7-6-13-39(43)41-30-33(16-25-44(41)55)32-52-42-31-36-12-10-26-50-45(36)46-40(42)14-11-27-51-46/h6-7,10-27,30-32H,4-5,8-9,28-29H2,1-3H3. The number of nitrogens with zero attached hydrogens (tertiary/aromatic N) is 6. The molecule has 0 spiro atoms. The van der Waals surface area contributed by atoms with Gasteiger partial charge in [0.15, 0.2) is 0 Å². The van der Waals surface area contributed by atoms with E-state index >= 15 is 0 Å². The third-order valence-corrected chi connectivity index (χ3v) is 10.7. The lowest BCUT2D eigenvalue weighted by Crippen LogP contribution is -2.10. The number of aryl methyl sites for hydroxylation is 1. The Balaban J connectivity index is 0.794. The fraction of sp³-hybridized carbons (Fsp3) is 0.204. The number of benzene rings is 5. The molecule has 0 radical (unpaired) electrons. The van der Waals surface area contributed by atoms with Crippen molar-refractivity contribution in [1.82, 2.24) is 24.7 Å². The third kappa shape index (κ3) is 7.51. The van der Waals surface area contributed by atoms with Gasteiger partial charge < -0.3 is 13.7 Å². The molecular weight excluding hydrogens is 705 g/mol. The molecule has 0 aliphatic rings. The molecule has 0 aliphatic carbocycles. The van der Waals surface area contributed by atoms with E-state index in [1.54, 1.807) is 0 Å². The molecule has 9 aromatic rings. The minimum absolute atomic E-state index is 0.0925. The molecule has 0 amide bonds. The van der Waals surface area contributed by atoms with E-state index in [4.69, 9.17) is 14.1 Å². The van der Waals surface area contributed by atoms with Crippen LogP contribution in [0, 0.1) is 0 Å². The van der Waals surface area contributed by atoms with Crippen molar-refractivity contribution < 1.29 is 9.15 Å². The van der Waals surface area contributed by atoms with Crippen molar-refractivity contribution >= 4 is 55.5 Å². The molecule has 8 nitrogen and oxygen atoms in total. The second-order valence-corrected chi connectivity index (χ2v) is 15.6. The van der Waals surface area contributed by atoms with E-state index in [0.717, 1.165) is 82.2 Å². The van der Waals surface area contributed by atoms with Gasteiger partial charge in [-0.2, -0.15) is 0 Å². The number of hydrogen-bond acceptors (Lipinski definition) is 7. The first-order chi connectivity index (χ1) is 27.9. The molecule has 0 aliphatic heterocycles. The topological polar surface area (TPSA) is 91.2 Å². The molecule has 0 bridgehead atoms. The summed E-state index contributed by atoms with van der Waals surface area (Å²) in [6.07, 6.45) is 9.91. The van der Waals surface area contributed by atoms with E-state index in [1.807, 2.05) is 67.1 Å². The van der Waals surface area contributed by atoms with Gasteiger partial charge in [-0.1, -0.05) is 76.1 Å². The maximum absolute atomic E-state index is 6.09. The fourth-order valence-electron chi connectivity index (χ4n) is 7.58. The van der Waals surface area contributed by atoms with Crippen molar-refractivity contribution in [1.29, 1.82) is 0 Å². The van der Waals surface area contributed by atoms with Crippen molar-refractivity contribution in [3.63, 3.8) is 0 Å². The summed E-state index contributed by atoms with van der Waals surface area (Å²) in [5.74, 6) is 1.85. The molecule has 0 N–H and O–H groups in total. The van der Waals surface area contributed by atoms with E-state index in [0.29, 0.717) is 18.4 Å². The van der Waals surface area contributed by atoms with Crippen LogP contribution in [-0.2, 0) is 12.0 Å². The number of unbranched alkanes of at least 4 members (excludes halogenated alkanes) is 3. The highest BCUT2D eigenvalue weighted by Crippen LogP contribution is 2.33. The van der Waals surface area contributed by atoms with Gasteiger partial charge in [-0.25, -0.2) is 0 Å². The largest absolute Gasteiger partial charge is 0.494 e. The van der Waals surface area contributed by atoms with Crippen LogP contribution in [0.5, 0.6) is 5.75 Å². The summed E-state index contributed by atoms with van der Waals surface area (Å²) in [6, 6.07) is 41.7. The van der Waals surface area contributed by atoms with Crippen LogP contribution in [-0.4, -0.2) is 37.6 Å². The number of rotatable bonds is 12. The second kappa shape index (κ2) is 15.5. The number of aliphatic imine (C=N–C) groups is 1. The predicted molar refractivity (Wildman–Crippen MR) is 232 cm³/mol. The first kappa shape index (κ1) is 36.0. The lowest BCUT2D eigenvalue weighted by molar-refractivity contribution is 0.304. The Morgan fingerprint density at radius 3 is 2.12 bits per heavy atom. The van der Waals surface area contributed by atoms with Crippen molar-refractivity contribution in [3.05, 3.63) is 145 Å². The lowest BCUT2D eigenvalue weighted by atomic mass is 9.87. The highest BCUT2D eigenvalue weighted by Gasteiger charge is 2.16. The van der Waals surface area contributed by atoms with Gasteiger partial charge in [0, 0.05) is 68.9 Å². The van der Waals surface area contributed by atoms with Gasteiger partial charge in [-0.05, 0) is 108 Å². The van der Waals surface area contributed by atoms with Gasteiger partial charge >= 0.3 is 0 Å². The van der Waals surface area contributed by atoms with Crippen molar-refractivity contribution in [2.45, 2.75) is 58.4 Å². The molecule has 5 aromatic carbocycles. The van der Waals surface area contributed by atoms with Crippen LogP contribution >= 0.6 is 0 Å². The number of hydrogen-bond donors (Lipinski definition) is 0. The third-order valence-electron chi connectivity index (χ3n) is 10.7. The number of para-hydroxylation sites is 1. The first-order valence-corrected chi connectivity index (χ1v) is 19.7. The lowest BCUT2D eigenvalue weighted by Gasteiger charge is -2.18. The van der Waals surface area contributed by atoms with Gasteiger partial charge in [-0.15, -0.1) is 10.2 Å². The zero-order valence-electron chi connectivity index (χ0n) is 32.5. The Labute approximate surface area is 331 Å². The summed E-state index contributed by atoms with van der Waals surface area (Å²) >= 11 is 0. The smallest absolute Gasteiger partial charge is 0.248 e. The Hall–Kier alpha value is -6.67. The van der Waals surface area contributed by atoms with Crippen molar-refractivity contribution in [2.75, 3.05) is 6.61 Å². The number of aromatic nitrogens is 5.